The lowest BCUT2D eigenvalue weighted by Crippen LogP contribution is -2.35. The molecule has 1 N–H and O–H groups in total. The Balaban J connectivity index is 1.44. The van der Waals surface area contributed by atoms with E-state index < -0.39 is 0 Å². The Labute approximate surface area is 167 Å². The minimum atomic E-state index is -0.218. The molecule has 1 amide bonds. The second kappa shape index (κ2) is 8.52. The number of imidazole rings is 1. The van der Waals surface area contributed by atoms with E-state index in [4.69, 9.17) is 16.3 Å². The molecule has 3 heterocycles. The van der Waals surface area contributed by atoms with E-state index in [1.165, 1.54) is 0 Å². The minimum absolute atomic E-state index is 0.218. The van der Waals surface area contributed by atoms with E-state index in [0.717, 1.165) is 38.4 Å². The van der Waals surface area contributed by atoms with Crippen LogP contribution in [0.2, 0.25) is 5.02 Å². The van der Waals surface area contributed by atoms with Gasteiger partial charge in [-0.3, -0.25) is 14.3 Å². The van der Waals surface area contributed by atoms with Gasteiger partial charge < -0.3 is 10.1 Å². The maximum absolute atomic E-state index is 12.6. The number of halogens is 1. The third-order valence-corrected chi connectivity index (χ3v) is 4.95. The number of carbonyl (C=O) groups excluding carboxylic acids is 1. The van der Waals surface area contributed by atoms with Crippen LogP contribution in [0, 0.1) is 0 Å². The molecule has 1 aliphatic rings. The monoisotopic (exact) mass is 397 g/mol. The summed E-state index contributed by atoms with van der Waals surface area (Å²) >= 11 is 6.35. The molecule has 0 bridgehead atoms. The lowest BCUT2D eigenvalue weighted by molar-refractivity contribution is 0.0342. The predicted octanol–water partition coefficient (Wildman–Crippen LogP) is 3.01. The van der Waals surface area contributed by atoms with Crippen molar-refractivity contribution < 1.29 is 9.53 Å². The zero-order valence-corrected chi connectivity index (χ0v) is 16.0. The fourth-order valence-corrected chi connectivity index (χ4v) is 3.22. The first-order valence-electron chi connectivity index (χ1n) is 9.03. The summed E-state index contributed by atoms with van der Waals surface area (Å²) in [6.45, 7) is 3.95. The van der Waals surface area contributed by atoms with Crippen LogP contribution >= 0.6 is 11.6 Å². The highest BCUT2D eigenvalue weighted by Crippen LogP contribution is 2.23. The summed E-state index contributed by atoms with van der Waals surface area (Å²) in [7, 11) is 0. The Morgan fingerprint density at radius 2 is 2.07 bits per heavy atom. The highest BCUT2D eigenvalue weighted by molar-refractivity contribution is 6.31. The second-order valence-corrected chi connectivity index (χ2v) is 6.93. The molecular weight excluding hydrogens is 378 g/mol. The number of aromatic nitrogens is 3. The van der Waals surface area contributed by atoms with E-state index in [2.05, 4.69) is 20.2 Å². The fraction of sp³-hybridized carbons (Fsp3) is 0.250. The first-order chi connectivity index (χ1) is 13.7. The number of hydrogen-bond donors (Lipinski definition) is 1. The minimum Gasteiger partial charge on any atom is -0.379 e. The van der Waals surface area contributed by atoms with Gasteiger partial charge in [0.2, 0.25) is 0 Å². The second-order valence-electron chi connectivity index (χ2n) is 6.52. The molecule has 144 valence electrons. The van der Waals surface area contributed by atoms with Gasteiger partial charge in [-0.1, -0.05) is 11.6 Å². The molecule has 2 aromatic heterocycles. The molecular formula is C20H20ClN5O2. The standard InChI is InChI=1S/C20H20ClN5O2/c21-18-3-2-17(11-16(18)13-25-7-9-28-10-8-25)24-20(27)15-1-4-19(23-12-15)26-6-5-22-14-26/h1-6,11-12,14H,7-10,13H2,(H,24,27). The zero-order valence-electron chi connectivity index (χ0n) is 15.2. The quantitative estimate of drug-likeness (QED) is 0.716. The molecule has 1 aromatic carbocycles. The largest absolute Gasteiger partial charge is 0.379 e. The summed E-state index contributed by atoms with van der Waals surface area (Å²) in [4.78, 5) is 23.2. The van der Waals surface area contributed by atoms with E-state index in [1.807, 2.05) is 12.1 Å². The summed E-state index contributed by atoms with van der Waals surface area (Å²) in [6, 6.07) is 9.05. The number of nitrogens with zero attached hydrogens (tertiary/aromatic N) is 4. The van der Waals surface area contributed by atoms with Crippen molar-refractivity contribution >= 4 is 23.2 Å². The van der Waals surface area contributed by atoms with Crippen LogP contribution in [0.4, 0.5) is 5.69 Å². The van der Waals surface area contributed by atoms with Gasteiger partial charge in [0.1, 0.15) is 12.1 Å². The zero-order chi connectivity index (χ0) is 19.3. The normalized spacial score (nSPS) is 14.8. The van der Waals surface area contributed by atoms with Gasteiger partial charge in [0.05, 0.1) is 18.8 Å². The lowest BCUT2D eigenvalue weighted by atomic mass is 10.1. The molecule has 0 radical (unpaired) electrons. The van der Waals surface area contributed by atoms with E-state index in [0.29, 0.717) is 22.1 Å². The Morgan fingerprint density at radius 3 is 2.79 bits per heavy atom. The number of rotatable bonds is 5. The number of carbonyl (C=O) groups is 1. The average molecular weight is 398 g/mol. The first-order valence-corrected chi connectivity index (χ1v) is 9.41. The van der Waals surface area contributed by atoms with Crippen molar-refractivity contribution in [2.24, 2.45) is 0 Å². The Hall–Kier alpha value is -2.74. The van der Waals surface area contributed by atoms with Crippen molar-refractivity contribution in [2.45, 2.75) is 6.54 Å². The summed E-state index contributed by atoms with van der Waals surface area (Å²) in [6.07, 6.45) is 6.68. The molecule has 1 fully saturated rings. The van der Waals surface area contributed by atoms with Gasteiger partial charge in [0.15, 0.2) is 0 Å². The van der Waals surface area contributed by atoms with Crippen molar-refractivity contribution in [3.05, 3.63) is 71.4 Å². The smallest absolute Gasteiger partial charge is 0.257 e. The Kier molecular flexibility index (Phi) is 5.66. The number of amides is 1. The van der Waals surface area contributed by atoms with Crippen LogP contribution in [-0.2, 0) is 11.3 Å². The van der Waals surface area contributed by atoms with Gasteiger partial charge in [-0.2, -0.15) is 0 Å². The third-order valence-electron chi connectivity index (χ3n) is 4.58. The van der Waals surface area contributed by atoms with E-state index in [1.54, 1.807) is 47.7 Å². The van der Waals surface area contributed by atoms with Crippen LogP contribution in [-0.4, -0.2) is 51.6 Å². The van der Waals surface area contributed by atoms with Crippen LogP contribution in [0.5, 0.6) is 0 Å². The molecule has 1 aliphatic heterocycles. The topological polar surface area (TPSA) is 72.3 Å². The van der Waals surface area contributed by atoms with Crippen molar-refractivity contribution in [3.63, 3.8) is 0 Å². The molecule has 28 heavy (non-hydrogen) atoms. The molecule has 0 saturated carbocycles. The van der Waals surface area contributed by atoms with Gasteiger partial charge in [-0.15, -0.1) is 0 Å². The van der Waals surface area contributed by atoms with Crippen LogP contribution in [0.15, 0.2) is 55.2 Å². The number of hydrogen-bond acceptors (Lipinski definition) is 5. The van der Waals surface area contributed by atoms with Gasteiger partial charge in [-0.05, 0) is 35.9 Å². The Bertz CT molecular complexity index is 938. The van der Waals surface area contributed by atoms with Crippen molar-refractivity contribution in [1.82, 2.24) is 19.4 Å². The van der Waals surface area contributed by atoms with Crippen LogP contribution in [0.1, 0.15) is 15.9 Å². The number of benzene rings is 1. The summed E-state index contributed by atoms with van der Waals surface area (Å²) in [5.74, 6) is 0.484. The van der Waals surface area contributed by atoms with Gasteiger partial charge in [0.25, 0.3) is 5.91 Å². The van der Waals surface area contributed by atoms with Crippen LogP contribution in [0.25, 0.3) is 5.82 Å². The van der Waals surface area contributed by atoms with Gasteiger partial charge in [0, 0.05) is 48.9 Å². The summed E-state index contributed by atoms with van der Waals surface area (Å²) in [5.41, 5.74) is 2.17. The highest BCUT2D eigenvalue weighted by Gasteiger charge is 2.14. The molecule has 1 saturated heterocycles. The molecule has 0 unspecified atom stereocenters. The number of pyridine rings is 1. The average Bonchev–Trinajstić information content (AvgIpc) is 3.26. The van der Waals surface area contributed by atoms with E-state index >= 15 is 0 Å². The Morgan fingerprint density at radius 1 is 1.21 bits per heavy atom. The summed E-state index contributed by atoms with van der Waals surface area (Å²) < 4.78 is 7.16. The molecule has 0 spiro atoms. The maximum atomic E-state index is 12.6. The van der Waals surface area contributed by atoms with E-state index in [9.17, 15) is 4.79 Å². The molecule has 8 heteroatoms. The number of morpholine rings is 1. The molecule has 4 rings (SSSR count). The molecule has 7 nitrogen and oxygen atoms in total. The highest BCUT2D eigenvalue weighted by atomic mass is 35.5. The van der Waals surface area contributed by atoms with Crippen molar-refractivity contribution in [1.29, 1.82) is 0 Å². The van der Waals surface area contributed by atoms with Gasteiger partial charge >= 0.3 is 0 Å². The molecule has 0 aliphatic carbocycles. The number of nitrogens with one attached hydrogen (secondary N) is 1. The van der Waals surface area contributed by atoms with E-state index in [-0.39, 0.29) is 5.91 Å². The van der Waals surface area contributed by atoms with Crippen molar-refractivity contribution in [3.8, 4) is 5.82 Å². The van der Waals surface area contributed by atoms with Crippen molar-refractivity contribution in [2.75, 3.05) is 31.6 Å². The maximum Gasteiger partial charge on any atom is 0.257 e. The molecule has 3 aromatic rings. The lowest BCUT2D eigenvalue weighted by Gasteiger charge is -2.27. The SMILES string of the molecule is O=C(Nc1ccc(Cl)c(CN2CCOCC2)c1)c1ccc(-n2ccnc2)nc1. The van der Waals surface area contributed by atoms with Gasteiger partial charge in [-0.25, -0.2) is 9.97 Å². The third kappa shape index (κ3) is 4.39. The van der Waals surface area contributed by atoms with Crippen LogP contribution < -0.4 is 5.32 Å². The van der Waals surface area contributed by atoms with Crippen LogP contribution in [0.3, 0.4) is 0 Å². The first kappa shape index (κ1) is 18.6. The fourth-order valence-electron chi connectivity index (χ4n) is 3.04. The molecule has 0 atom stereocenters. The number of ether oxygens (including phenoxy) is 1. The summed E-state index contributed by atoms with van der Waals surface area (Å²) in [5, 5.41) is 3.61. The number of anilines is 1. The predicted molar refractivity (Wildman–Crippen MR) is 107 cm³/mol.